The summed E-state index contributed by atoms with van der Waals surface area (Å²) in [5.41, 5.74) is 1.27. The maximum absolute atomic E-state index is 13.1. The van der Waals surface area contributed by atoms with Gasteiger partial charge in [-0.15, -0.1) is 0 Å². The molecule has 3 rings (SSSR count). The van der Waals surface area contributed by atoms with Crippen molar-refractivity contribution >= 4 is 17.4 Å². The molecule has 1 fully saturated rings. The summed E-state index contributed by atoms with van der Waals surface area (Å²) in [4.78, 5) is 29.8. The van der Waals surface area contributed by atoms with Gasteiger partial charge in [0.05, 0.1) is 18.2 Å². The zero-order valence-corrected chi connectivity index (χ0v) is 20.7. The second kappa shape index (κ2) is 12.2. The molecule has 0 bridgehead atoms. The lowest BCUT2D eigenvalue weighted by Gasteiger charge is -2.26. The minimum Gasteiger partial charge on any atom is -0.507 e. The number of likely N-dealkylation sites (tertiary alicyclic amines) is 1. The van der Waals surface area contributed by atoms with Gasteiger partial charge in [0.2, 0.25) is 0 Å². The van der Waals surface area contributed by atoms with Crippen molar-refractivity contribution in [3.05, 3.63) is 77.9 Å². The Balaban J connectivity index is 2.00. The number of ketones is 1. The fourth-order valence-corrected chi connectivity index (χ4v) is 4.00. The molecule has 2 aromatic rings. The molecule has 1 aliphatic rings. The normalized spacial score (nSPS) is 17.1. The maximum Gasteiger partial charge on any atom is 0.295 e. The first-order valence-electron chi connectivity index (χ1n) is 11.9. The lowest BCUT2D eigenvalue weighted by atomic mass is 9.95. The van der Waals surface area contributed by atoms with E-state index >= 15 is 0 Å². The van der Waals surface area contributed by atoms with E-state index in [0.29, 0.717) is 37.5 Å². The fourth-order valence-electron chi connectivity index (χ4n) is 4.00. The van der Waals surface area contributed by atoms with Crippen LogP contribution >= 0.6 is 0 Å². The van der Waals surface area contributed by atoms with E-state index in [9.17, 15) is 14.7 Å². The number of hydrogen-bond donors (Lipinski definition) is 1. The van der Waals surface area contributed by atoms with Gasteiger partial charge in [-0.05, 0) is 75.4 Å². The number of aliphatic hydroxyl groups is 1. The summed E-state index contributed by atoms with van der Waals surface area (Å²) in [6.07, 6.45) is 3.24. The maximum atomic E-state index is 13.1. The van der Waals surface area contributed by atoms with Crippen LogP contribution in [0.2, 0.25) is 0 Å². The molecule has 35 heavy (non-hydrogen) atoms. The largest absolute Gasteiger partial charge is 0.507 e. The van der Waals surface area contributed by atoms with Crippen LogP contribution < -0.4 is 9.47 Å². The molecule has 1 aliphatic heterocycles. The van der Waals surface area contributed by atoms with Crippen LogP contribution in [0.5, 0.6) is 11.5 Å². The van der Waals surface area contributed by atoms with Gasteiger partial charge in [0, 0.05) is 12.1 Å². The molecular formula is C28H34N2O5. The molecule has 1 amide bonds. The highest BCUT2D eigenvalue weighted by Gasteiger charge is 2.45. The Morgan fingerprint density at radius 2 is 1.69 bits per heavy atom. The lowest BCUT2D eigenvalue weighted by molar-refractivity contribution is -0.139. The van der Waals surface area contributed by atoms with E-state index in [1.54, 1.807) is 35.2 Å². The van der Waals surface area contributed by atoms with Gasteiger partial charge in [-0.2, -0.15) is 0 Å². The molecule has 0 aliphatic carbocycles. The third-order valence-electron chi connectivity index (χ3n) is 5.71. The smallest absolute Gasteiger partial charge is 0.295 e. The Kier molecular flexibility index (Phi) is 9.09. The van der Waals surface area contributed by atoms with Crippen molar-refractivity contribution in [1.29, 1.82) is 0 Å². The Labute approximate surface area is 207 Å². The van der Waals surface area contributed by atoms with E-state index < -0.39 is 17.7 Å². The highest BCUT2D eigenvalue weighted by atomic mass is 16.5. The van der Waals surface area contributed by atoms with Gasteiger partial charge in [0.25, 0.3) is 11.7 Å². The van der Waals surface area contributed by atoms with E-state index in [1.165, 1.54) is 0 Å². The summed E-state index contributed by atoms with van der Waals surface area (Å²) in [5, 5.41) is 11.2. The Morgan fingerprint density at radius 1 is 1.06 bits per heavy atom. The van der Waals surface area contributed by atoms with Crippen molar-refractivity contribution in [1.82, 2.24) is 9.80 Å². The van der Waals surface area contributed by atoms with Gasteiger partial charge in [-0.25, -0.2) is 0 Å². The molecule has 7 nitrogen and oxygen atoms in total. The fraction of sp³-hybridized carbons (Fsp3) is 0.357. The molecule has 1 saturated heterocycles. The van der Waals surface area contributed by atoms with E-state index in [-0.39, 0.29) is 11.3 Å². The molecule has 0 spiro atoms. The van der Waals surface area contributed by atoms with Gasteiger partial charge in [0.15, 0.2) is 0 Å². The predicted octanol–water partition coefficient (Wildman–Crippen LogP) is 4.41. The summed E-state index contributed by atoms with van der Waals surface area (Å²) in [7, 11) is 3.92. The summed E-state index contributed by atoms with van der Waals surface area (Å²) in [5.74, 6) is -0.159. The average Bonchev–Trinajstić information content (AvgIpc) is 3.11. The molecule has 1 unspecified atom stereocenters. The van der Waals surface area contributed by atoms with Crippen molar-refractivity contribution < 1.29 is 24.2 Å². The van der Waals surface area contributed by atoms with E-state index in [1.807, 2.05) is 50.2 Å². The zero-order valence-electron chi connectivity index (χ0n) is 20.7. The highest BCUT2D eigenvalue weighted by Crippen LogP contribution is 2.40. The topological polar surface area (TPSA) is 79.3 Å². The molecule has 0 radical (unpaired) electrons. The Morgan fingerprint density at radius 3 is 2.29 bits per heavy atom. The number of carbonyl (C=O) groups is 2. The van der Waals surface area contributed by atoms with Gasteiger partial charge >= 0.3 is 0 Å². The van der Waals surface area contributed by atoms with Crippen molar-refractivity contribution in [2.45, 2.75) is 25.8 Å². The Hall–Kier alpha value is -3.58. The number of ether oxygens (including phenoxy) is 2. The van der Waals surface area contributed by atoms with Gasteiger partial charge in [-0.1, -0.05) is 31.7 Å². The molecule has 0 saturated carbocycles. The summed E-state index contributed by atoms with van der Waals surface area (Å²) in [6.45, 7) is 7.80. The summed E-state index contributed by atoms with van der Waals surface area (Å²) >= 11 is 0. The first-order chi connectivity index (χ1) is 16.9. The van der Waals surface area contributed by atoms with Crippen LogP contribution in [0.15, 0.2) is 66.8 Å². The number of carbonyl (C=O) groups excluding carboxylic acids is 2. The van der Waals surface area contributed by atoms with Crippen molar-refractivity contribution in [2.75, 3.05) is 40.4 Å². The first kappa shape index (κ1) is 26.0. The van der Waals surface area contributed by atoms with Crippen molar-refractivity contribution in [3.8, 4) is 11.5 Å². The average molecular weight is 479 g/mol. The molecule has 0 aromatic heterocycles. The molecule has 2 aromatic carbocycles. The van der Waals surface area contributed by atoms with Crippen LogP contribution in [0.25, 0.3) is 5.76 Å². The second-order valence-corrected chi connectivity index (χ2v) is 8.69. The summed E-state index contributed by atoms with van der Waals surface area (Å²) < 4.78 is 11.2. The number of hydrogen-bond acceptors (Lipinski definition) is 6. The third-order valence-corrected chi connectivity index (χ3v) is 5.71. The predicted molar refractivity (Wildman–Crippen MR) is 137 cm³/mol. The monoisotopic (exact) mass is 478 g/mol. The van der Waals surface area contributed by atoms with Crippen LogP contribution in [0.4, 0.5) is 0 Å². The lowest BCUT2D eigenvalue weighted by Crippen LogP contribution is -2.32. The molecule has 1 atom stereocenters. The zero-order chi connectivity index (χ0) is 25.4. The molecule has 186 valence electrons. The number of Topliss-reactive ketones (excluding diaryl/α,β-unsaturated/α-hetero) is 1. The Bertz CT molecular complexity index is 1060. The van der Waals surface area contributed by atoms with E-state index in [2.05, 4.69) is 6.58 Å². The van der Waals surface area contributed by atoms with Crippen LogP contribution in [-0.4, -0.2) is 67.0 Å². The number of aliphatic hydroxyl groups excluding tert-OH is 1. The minimum absolute atomic E-state index is 0.0850. The molecular weight excluding hydrogens is 444 g/mol. The van der Waals surface area contributed by atoms with E-state index in [4.69, 9.17) is 9.47 Å². The van der Waals surface area contributed by atoms with Crippen LogP contribution in [0, 0.1) is 0 Å². The standard InChI is InChI=1S/C28H34N2O5/c1-5-18-34-22-12-8-20(9-13-22)25-24(27(32)28(33)30(25)17-7-16-29(3)4)26(31)21-10-14-23(15-11-21)35-19-6-2/h6,8-15,25,31H,2,5,7,16-19H2,1,3-4H3. The van der Waals surface area contributed by atoms with Gasteiger partial charge in [0.1, 0.15) is 23.9 Å². The summed E-state index contributed by atoms with van der Waals surface area (Å²) in [6, 6.07) is 13.4. The van der Waals surface area contributed by atoms with Crippen molar-refractivity contribution in [3.63, 3.8) is 0 Å². The highest BCUT2D eigenvalue weighted by molar-refractivity contribution is 6.46. The van der Waals surface area contributed by atoms with Crippen LogP contribution in [-0.2, 0) is 9.59 Å². The van der Waals surface area contributed by atoms with Crippen LogP contribution in [0.3, 0.4) is 0 Å². The number of amides is 1. The third kappa shape index (κ3) is 6.31. The molecule has 7 heteroatoms. The number of rotatable bonds is 12. The van der Waals surface area contributed by atoms with Gasteiger partial charge < -0.3 is 24.4 Å². The molecule has 1 N–H and O–H groups in total. The van der Waals surface area contributed by atoms with E-state index in [0.717, 1.165) is 24.3 Å². The number of nitrogens with zero attached hydrogens (tertiary/aromatic N) is 2. The minimum atomic E-state index is -0.686. The quantitative estimate of drug-likeness (QED) is 0.211. The van der Waals surface area contributed by atoms with Crippen LogP contribution in [0.1, 0.15) is 36.9 Å². The van der Waals surface area contributed by atoms with Gasteiger partial charge in [-0.3, -0.25) is 9.59 Å². The number of benzene rings is 2. The SMILES string of the molecule is C=CCOc1ccc(C(O)=C2C(=O)C(=O)N(CCCN(C)C)C2c2ccc(OCCC)cc2)cc1. The second-order valence-electron chi connectivity index (χ2n) is 8.69. The van der Waals surface area contributed by atoms with Crippen molar-refractivity contribution in [2.24, 2.45) is 0 Å². The molecule has 1 heterocycles. The first-order valence-corrected chi connectivity index (χ1v) is 11.9.